The van der Waals surface area contributed by atoms with E-state index in [1.807, 2.05) is 6.92 Å². The molecule has 3 nitrogen and oxygen atoms in total. The highest BCUT2D eigenvalue weighted by Crippen LogP contribution is 2.23. The number of esters is 1. The van der Waals surface area contributed by atoms with Crippen molar-refractivity contribution in [3.05, 3.63) is 0 Å². The van der Waals surface area contributed by atoms with Crippen LogP contribution in [-0.4, -0.2) is 25.3 Å². The van der Waals surface area contributed by atoms with Gasteiger partial charge >= 0.3 is 5.97 Å². The topological polar surface area (TPSA) is 35.5 Å². The predicted molar refractivity (Wildman–Crippen MR) is 49.4 cm³/mol. The van der Waals surface area contributed by atoms with E-state index < -0.39 is 0 Å². The Balaban J connectivity index is 2.40. The van der Waals surface area contributed by atoms with Crippen LogP contribution in [0.1, 0.15) is 39.0 Å². The average molecular weight is 186 g/mol. The summed E-state index contributed by atoms with van der Waals surface area (Å²) >= 11 is 0. The van der Waals surface area contributed by atoms with Gasteiger partial charge in [-0.1, -0.05) is 13.3 Å². The van der Waals surface area contributed by atoms with E-state index in [1.165, 1.54) is 6.42 Å². The minimum Gasteiger partial charge on any atom is -0.460 e. The standard InChI is InChI=1S/C10H18O3/c1-3-10(11)13-9-7-5-4-6-8(9)12-2/h8-9H,3-7H2,1-2H3. The van der Waals surface area contributed by atoms with Crippen LogP contribution in [0.15, 0.2) is 0 Å². The third-order valence-corrected chi connectivity index (χ3v) is 2.52. The van der Waals surface area contributed by atoms with Gasteiger partial charge < -0.3 is 9.47 Å². The number of carbonyl (C=O) groups is 1. The zero-order valence-corrected chi connectivity index (χ0v) is 8.41. The number of methoxy groups -OCH3 is 1. The Labute approximate surface area is 79.4 Å². The number of carbonyl (C=O) groups excluding carboxylic acids is 1. The zero-order valence-electron chi connectivity index (χ0n) is 8.41. The van der Waals surface area contributed by atoms with Crippen LogP contribution in [0.4, 0.5) is 0 Å². The lowest BCUT2D eigenvalue weighted by Crippen LogP contribution is -2.35. The van der Waals surface area contributed by atoms with Gasteiger partial charge in [-0.25, -0.2) is 0 Å². The van der Waals surface area contributed by atoms with E-state index >= 15 is 0 Å². The first kappa shape index (κ1) is 10.5. The molecule has 13 heavy (non-hydrogen) atoms. The van der Waals surface area contributed by atoms with Crippen molar-refractivity contribution < 1.29 is 14.3 Å². The molecule has 2 atom stereocenters. The maximum absolute atomic E-state index is 11.1. The van der Waals surface area contributed by atoms with Crippen LogP contribution < -0.4 is 0 Å². The molecule has 0 N–H and O–H groups in total. The van der Waals surface area contributed by atoms with Crippen LogP contribution in [0, 0.1) is 0 Å². The first-order valence-electron chi connectivity index (χ1n) is 5.00. The molecule has 0 aliphatic heterocycles. The van der Waals surface area contributed by atoms with Crippen LogP contribution in [0.25, 0.3) is 0 Å². The molecule has 1 aliphatic rings. The monoisotopic (exact) mass is 186 g/mol. The van der Waals surface area contributed by atoms with Crippen molar-refractivity contribution in [2.45, 2.75) is 51.2 Å². The second-order valence-corrected chi connectivity index (χ2v) is 3.44. The van der Waals surface area contributed by atoms with Gasteiger partial charge in [-0.2, -0.15) is 0 Å². The summed E-state index contributed by atoms with van der Waals surface area (Å²) in [6, 6.07) is 0. The van der Waals surface area contributed by atoms with E-state index in [4.69, 9.17) is 9.47 Å². The Morgan fingerprint density at radius 2 is 1.92 bits per heavy atom. The Morgan fingerprint density at radius 1 is 1.31 bits per heavy atom. The molecule has 2 unspecified atom stereocenters. The Hall–Kier alpha value is -0.570. The molecule has 1 fully saturated rings. The summed E-state index contributed by atoms with van der Waals surface area (Å²) < 4.78 is 10.6. The van der Waals surface area contributed by atoms with E-state index in [1.54, 1.807) is 7.11 Å². The van der Waals surface area contributed by atoms with Gasteiger partial charge in [-0.3, -0.25) is 4.79 Å². The van der Waals surface area contributed by atoms with E-state index in [0.29, 0.717) is 6.42 Å². The van der Waals surface area contributed by atoms with E-state index in [2.05, 4.69) is 0 Å². The summed E-state index contributed by atoms with van der Waals surface area (Å²) in [4.78, 5) is 11.1. The van der Waals surface area contributed by atoms with Gasteiger partial charge in [-0.05, 0) is 19.3 Å². The molecule has 0 radical (unpaired) electrons. The van der Waals surface area contributed by atoms with Crippen molar-refractivity contribution in [3.8, 4) is 0 Å². The van der Waals surface area contributed by atoms with Gasteiger partial charge in [0.1, 0.15) is 6.10 Å². The van der Waals surface area contributed by atoms with Gasteiger partial charge in [0.2, 0.25) is 0 Å². The SMILES string of the molecule is CCC(=O)OC1CCCCC1OC. The number of hydrogen-bond donors (Lipinski definition) is 0. The molecular weight excluding hydrogens is 168 g/mol. The summed E-state index contributed by atoms with van der Waals surface area (Å²) in [5.74, 6) is -0.117. The van der Waals surface area contributed by atoms with Crippen LogP contribution in [0.2, 0.25) is 0 Å². The molecule has 0 saturated heterocycles. The predicted octanol–water partition coefficient (Wildman–Crippen LogP) is 1.90. The zero-order chi connectivity index (χ0) is 9.68. The van der Waals surface area contributed by atoms with Crippen LogP contribution >= 0.6 is 0 Å². The first-order chi connectivity index (χ1) is 6.27. The van der Waals surface area contributed by atoms with Crippen molar-refractivity contribution in [2.75, 3.05) is 7.11 Å². The molecule has 0 bridgehead atoms. The molecule has 0 heterocycles. The fourth-order valence-electron chi connectivity index (χ4n) is 1.72. The quantitative estimate of drug-likeness (QED) is 0.631. The molecule has 1 rings (SSSR count). The summed E-state index contributed by atoms with van der Waals surface area (Å²) in [5.41, 5.74) is 0. The Kier molecular flexibility index (Phi) is 4.22. The second kappa shape index (κ2) is 5.22. The Bertz CT molecular complexity index is 168. The van der Waals surface area contributed by atoms with E-state index in [-0.39, 0.29) is 18.2 Å². The lowest BCUT2D eigenvalue weighted by Gasteiger charge is -2.29. The Morgan fingerprint density at radius 3 is 2.46 bits per heavy atom. The largest absolute Gasteiger partial charge is 0.460 e. The van der Waals surface area contributed by atoms with Crippen LogP contribution in [0.3, 0.4) is 0 Å². The van der Waals surface area contributed by atoms with Crippen molar-refractivity contribution in [2.24, 2.45) is 0 Å². The normalized spacial score (nSPS) is 28.5. The molecule has 0 aromatic rings. The van der Waals surface area contributed by atoms with E-state index in [0.717, 1.165) is 19.3 Å². The summed E-state index contributed by atoms with van der Waals surface area (Å²) in [6.07, 6.45) is 4.84. The van der Waals surface area contributed by atoms with E-state index in [9.17, 15) is 4.79 Å². The maximum atomic E-state index is 11.1. The number of ether oxygens (including phenoxy) is 2. The molecule has 1 aliphatic carbocycles. The van der Waals surface area contributed by atoms with Crippen LogP contribution in [0.5, 0.6) is 0 Å². The molecule has 1 saturated carbocycles. The first-order valence-corrected chi connectivity index (χ1v) is 5.00. The van der Waals surface area contributed by atoms with Crippen molar-refractivity contribution in [3.63, 3.8) is 0 Å². The molecule has 0 amide bonds. The highest BCUT2D eigenvalue weighted by Gasteiger charge is 2.27. The molecule has 0 aromatic carbocycles. The van der Waals surface area contributed by atoms with Gasteiger partial charge in [0.25, 0.3) is 0 Å². The highest BCUT2D eigenvalue weighted by atomic mass is 16.6. The smallest absolute Gasteiger partial charge is 0.305 e. The van der Waals surface area contributed by atoms with Gasteiger partial charge in [0.05, 0.1) is 6.10 Å². The lowest BCUT2D eigenvalue weighted by atomic mass is 9.94. The maximum Gasteiger partial charge on any atom is 0.305 e. The summed E-state index contributed by atoms with van der Waals surface area (Å²) in [7, 11) is 1.68. The second-order valence-electron chi connectivity index (χ2n) is 3.44. The summed E-state index contributed by atoms with van der Waals surface area (Å²) in [6.45, 7) is 1.81. The number of hydrogen-bond acceptors (Lipinski definition) is 3. The van der Waals surface area contributed by atoms with Gasteiger partial charge in [0, 0.05) is 13.5 Å². The third-order valence-electron chi connectivity index (χ3n) is 2.52. The minimum absolute atomic E-state index is 0.00815. The molecule has 76 valence electrons. The molecular formula is C10H18O3. The molecule has 0 aromatic heterocycles. The number of rotatable bonds is 3. The highest BCUT2D eigenvalue weighted by molar-refractivity contribution is 5.69. The lowest BCUT2D eigenvalue weighted by molar-refractivity contribution is -0.158. The summed E-state index contributed by atoms with van der Waals surface area (Å²) in [5, 5.41) is 0. The molecule has 3 heteroatoms. The van der Waals surface area contributed by atoms with Crippen molar-refractivity contribution in [1.82, 2.24) is 0 Å². The fourth-order valence-corrected chi connectivity index (χ4v) is 1.72. The average Bonchev–Trinajstić information content (AvgIpc) is 2.18. The van der Waals surface area contributed by atoms with Gasteiger partial charge in [0.15, 0.2) is 0 Å². The minimum atomic E-state index is -0.117. The van der Waals surface area contributed by atoms with Crippen molar-refractivity contribution in [1.29, 1.82) is 0 Å². The van der Waals surface area contributed by atoms with Crippen molar-refractivity contribution >= 4 is 5.97 Å². The van der Waals surface area contributed by atoms with Crippen LogP contribution in [-0.2, 0) is 14.3 Å². The van der Waals surface area contributed by atoms with Gasteiger partial charge in [-0.15, -0.1) is 0 Å². The molecule has 0 spiro atoms. The third kappa shape index (κ3) is 2.99. The fraction of sp³-hybridized carbons (Fsp3) is 0.900.